The fraction of sp³-hybridized carbons (Fsp3) is 0.250. The van der Waals surface area contributed by atoms with Crippen molar-refractivity contribution >= 4 is 17.4 Å². The molecule has 0 bridgehead atoms. The van der Waals surface area contributed by atoms with Crippen LogP contribution in [0.4, 0.5) is 5.69 Å². The average Bonchev–Trinajstić information content (AvgIpc) is 2.42. The van der Waals surface area contributed by atoms with Gasteiger partial charge in [-0.1, -0.05) is 37.7 Å². The maximum absolute atomic E-state index is 5.99. The van der Waals surface area contributed by atoms with Crippen LogP contribution < -0.4 is 10.5 Å². The summed E-state index contributed by atoms with van der Waals surface area (Å²) >= 11 is 1.66. The summed E-state index contributed by atoms with van der Waals surface area (Å²) in [5.74, 6) is 1.39. The fourth-order valence-corrected chi connectivity index (χ4v) is 2.66. The van der Waals surface area contributed by atoms with E-state index < -0.39 is 0 Å². The van der Waals surface area contributed by atoms with Crippen molar-refractivity contribution < 1.29 is 4.74 Å². The Hall–Kier alpha value is -1.61. The van der Waals surface area contributed by atoms with Gasteiger partial charge in [-0.3, -0.25) is 0 Å². The van der Waals surface area contributed by atoms with Gasteiger partial charge < -0.3 is 10.5 Å². The molecule has 0 atom stereocenters. The van der Waals surface area contributed by atoms with Crippen molar-refractivity contribution in [1.82, 2.24) is 0 Å². The Morgan fingerprint density at radius 3 is 2.32 bits per heavy atom. The Kier molecular flexibility index (Phi) is 4.38. The van der Waals surface area contributed by atoms with Crippen molar-refractivity contribution in [3.63, 3.8) is 0 Å². The van der Waals surface area contributed by atoms with E-state index in [0.717, 1.165) is 16.3 Å². The molecule has 0 aliphatic heterocycles. The molecule has 2 N–H and O–H groups in total. The number of ether oxygens (including phenoxy) is 1. The Bertz CT molecular complexity index is 549. The Labute approximate surface area is 119 Å². The van der Waals surface area contributed by atoms with Crippen LogP contribution in [0.5, 0.6) is 5.75 Å². The molecule has 0 aliphatic rings. The molecule has 0 heterocycles. The highest BCUT2D eigenvalue weighted by Crippen LogP contribution is 2.35. The monoisotopic (exact) mass is 273 g/mol. The van der Waals surface area contributed by atoms with E-state index in [9.17, 15) is 0 Å². The minimum atomic E-state index is 0.556. The van der Waals surface area contributed by atoms with Gasteiger partial charge in [-0.05, 0) is 41.8 Å². The predicted molar refractivity (Wildman–Crippen MR) is 82.1 cm³/mol. The third-order valence-electron chi connectivity index (χ3n) is 3.00. The van der Waals surface area contributed by atoms with Gasteiger partial charge in [-0.15, -0.1) is 0 Å². The third-order valence-corrected chi connectivity index (χ3v) is 4.08. The number of nitrogens with two attached hydrogens (primary N) is 1. The van der Waals surface area contributed by atoms with Gasteiger partial charge in [0.05, 0.1) is 7.11 Å². The summed E-state index contributed by atoms with van der Waals surface area (Å²) < 4.78 is 5.23. The smallest absolute Gasteiger partial charge is 0.120 e. The highest BCUT2D eigenvalue weighted by molar-refractivity contribution is 7.99. The largest absolute Gasteiger partial charge is 0.497 e. The zero-order chi connectivity index (χ0) is 13.8. The van der Waals surface area contributed by atoms with Crippen LogP contribution in [0.15, 0.2) is 52.3 Å². The lowest BCUT2D eigenvalue weighted by Crippen LogP contribution is -1.91. The first-order valence-corrected chi connectivity index (χ1v) is 7.13. The molecule has 2 nitrogen and oxygen atoms in total. The van der Waals surface area contributed by atoms with Gasteiger partial charge >= 0.3 is 0 Å². The van der Waals surface area contributed by atoms with E-state index in [1.54, 1.807) is 18.9 Å². The van der Waals surface area contributed by atoms with E-state index in [4.69, 9.17) is 10.5 Å². The minimum absolute atomic E-state index is 0.556. The van der Waals surface area contributed by atoms with Gasteiger partial charge in [-0.25, -0.2) is 0 Å². The third kappa shape index (κ3) is 3.44. The lowest BCUT2D eigenvalue weighted by molar-refractivity contribution is 0.414. The quantitative estimate of drug-likeness (QED) is 0.830. The molecule has 2 aromatic carbocycles. The number of hydrogen-bond acceptors (Lipinski definition) is 3. The standard InChI is InChI=1S/C16H19NOS/c1-11(2)12-4-7-14(8-5-12)19-16-10-13(18-3)6-9-15(16)17/h4-11H,17H2,1-3H3. The zero-order valence-corrected chi connectivity index (χ0v) is 12.3. The molecule has 2 rings (SSSR count). The van der Waals surface area contributed by atoms with Gasteiger partial charge in [0.25, 0.3) is 0 Å². The molecular weight excluding hydrogens is 254 g/mol. The van der Waals surface area contributed by atoms with Crippen molar-refractivity contribution in [3.8, 4) is 5.75 Å². The maximum atomic E-state index is 5.99. The summed E-state index contributed by atoms with van der Waals surface area (Å²) in [7, 11) is 1.66. The molecule has 19 heavy (non-hydrogen) atoms. The van der Waals surface area contributed by atoms with Crippen LogP contribution in [0.25, 0.3) is 0 Å². The van der Waals surface area contributed by atoms with Gasteiger partial charge in [-0.2, -0.15) is 0 Å². The number of anilines is 1. The second kappa shape index (κ2) is 6.02. The minimum Gasteiger partial charge on any atom is -0.497 e. The van der Waals surface area contributed by atoms with Crippen molar-refractivity contribution in [2.45, 2.75) is 29.6 Å². The van der Waals surface area contributed by atoms with Crippen LogP contribution >= 0.6 is 11.8 Å². The van der Waals surface area contributed by atoms with Crippen LogP contribution in [0.3, 0.4) is 0 Å². The number of methoxy groups -OCH3 is 1. The molecule has 0 radical (unpaired) electrons. The lowest BCUT2D eigenvalue weighted by Gasteiger charge is -2.09. The number of nitrogen functional groups attached to an aromatic ring is 1. The molecule has 100 valence electrons. The van der Waals surface area contributed by atoms with Gasteiger partial charge in [0.2, 0.25) is 0 Å². The first-order chi connectivity index (χ1) is 9.10. The molecule has 2 aromatic rings. The fourth-order valence-electron chi connectivity index (χ4n) is 1.78. The summed E-state index contributed by atoms with van der Waals surface area (Å²) in [6.07, 6.45) is 0. The van der Waals surface area contributed by atoms with Crippen LogP contribution in [0, 0.1) is 0 Å². The summed E-state index contributed by atoms with van der Waals surface area (Å²) in [6, 6.07) is 14.3. The van der Waals surface area contributed by atoms with Crippen molar-refractivity contribution in [3.05, 3.63) is 48.0 Å². The van der Waals surface area contributed by atoms with E-state index in [2.05, 4.69) is 38.1 Å². The van der Waals surface area contributed by atoms with Crippen LogP contribution in [-0.2, 0) is 0 Å². The molecule has 0 amide bonds. The van der Waals surface area contributed by atoms with Crippen molar-refractivity contribution in [2.24, 2.45) is 0 Å². The molecule has 0 saturated carbocycles. The zero-order valence-electron chi connectivity index (χ0n) is 11.5. The van der Waals surface area contributed by atoms with Gasteiger partial charge in [0, 0.05) is 15.5 Å². The van der Waals surface area contributed by atoms with Crippen LogP contribution in [0.1, 0.15) is 25.3 Å². The van der Waals surface area contributed by atoms with E-state index >= 15 is 0 Å². The van der Waals surface area contributed by atoms with Crippen LogP contribution in [0.2, 0.25) is 0 Å². The summed E-state index contributed by atoms with van der Waals surface area (Å²) in [5, 5.41) is 0. The number of benzene rings is 2. The average molecular weight is 273 g/mol. The van der Waals surface area contributed by atoms with E-state index in [-0.39, 0.29) is 0 Å². The number of hydrogen-bond donors (Lipinski definition) is 1. The Morgan fingerprint density at radius 2 is 1.74 bits per heavy atom. The molecule has 3 heteroatoms. The highest BCUT2D eigenvalue weighted by Gasteiger charge is 2.05. The second-order valence-electron chi connectivity index (χ2n) is 4.73. The summed E-state index contributed by atoms with van der Waals surface area (Å²) in [5.41, 5.74) is 8.12. The van der Waals surface area contributed by atoms with Gasteiger partial charge in [0.15, 0.2) is 0 Å². The maximum Gasteiger partial charge on any atom is 0.120 e. The molecule has 0 aliphatic carbocycles. The molecule has 0 spiro atoms. The molecule has 0 saturated heterocycles. The summed E-state index contributed by atoms with van der Waals surface area (Å²) in [6.45, 7) is 4.39. The van der Waals surface area contributed by atoms with E-state index in [1.807, 2.05) is 18.2 Å². The van der Waals surface area contributed by atoms with Crippen molar-refractivity contribution in [2.75, 3.05) is 12.8 Å². The lowest BCUT2D eigenvalue weighted by atomic mass is 10.0. The normalized spacial score (nSPS) is 10.7. The van der Waals surface area contributed by atoms with E-state index in [1.165, 1.54) is 10.5 Å². The number of rotatable bonds is 4. The van der Waals surface area contributed by atoms with Crippen LogP contribution in [-0.4, -0.2) is 7.11 Å². The molecule has 0 unspecified atom stereocenters. The Morgan fingerprint density at radius 1 is 1.05 bits per heavy atom. The molecule has 0 fully saturated rings. The molecule has 0 aromatic heterocycles. The topological polar surface area (TPSA) is 35.2 Å². The predicted octanol–water partition coefficient (Wildman–Crippen LogP) is 4.55. The van der Waals surface area contributed by atoms with Gasteiger partial charge in [0.1, 0.15) is 5.75 Å². The molecular formula is C16H19NOS. The Balaban J connectivity index is 2.20. The first kappa shape index (κ1) is 13.8. The first-order valence-electron chi connectivity index (χ1n) is 6.31. The van der Waals surface area contributed by atoms with E-state index in [0.29, 0.717) is 5.92 Å². The second-order valence-corrected chi connectivity index (χ2v) is 5.84. The SMILES string of the molecule is COc1ccc(N)c(Sc2ccc(C(C)C)cc2)c1. The summed E-state index contributed by atoms with van der Waals surface area (Å²) in [4.78, 5) is 2.21. The van der Waals surface area contributed by atoms with Crippen molar-refractivity contribution in [1.29, 1.82) is 0 Å². The highest BCUT2D eigenvalue weighted by atomic mass is 32.2.